The summed E-state index contributed by atoms with van der Waals surface area (Å²) in [5.74, 6) is -0.0665. The molecule has 1 aliphatic heterocycles. The Morgan fingerprint density at radius 2 is 1.90 bits per heavy atom. The molecule has 0 spiro atoms. The highest BCUT2D eigenvalue weighted by Gasteiger charge is 2.50. The zero-order chi connectivity index (χ0) is 21.5. The van der Waals surface area contributed by atoms with Gasteiger partial charge in [0.15, 0.2) is 0 Å². The molecule has 0 saturated carbocycles. The van der Waals surface area contributed by atoms with Crippen LogP contribution in [0.4, 0.5) is 5.69 Å². The van der Waals surface area contributed by atoms with Gasteiger partial charge < -0.3 is 34.2 Å². The van der Waals surface area contributed by atoms with E-state index in [0.717, 1.165) is 0 Å². The molecule has 9 heteroatoms. The lowest BCUT2D eigenvalue weighted by Gasteiger charge is -2.46. The van der Waals surface area contributed by atoms with Crippen LogP contribution in [0.2, 0.25) is 0 Å². The highest BCUT2D eigenvalue weighted by molar-refractivity contribution is 5.91. The fourth-order valence-electron chi connectivity index (χ4n) is 3.50. The van der Waals surface area contributed by atoms with Gasteiger partial charge >= 0.3 is 5.63 Å². The van der Waals surface area contributed by atoms with E-state index in [4.69, 9.17) is 18.6 Å². The number of amides is 1. The third kappa shape index (κ3) is 4.13. The van der Waals surface area contributed by atoms with Crippen LogP contribution in [0.15, 0.2) is 27.4 Å². The smallest absolute Gasteiger partial charge is 0.360 e. The Balaban J connectivity index is 1.93. The number of carbonyl (C=O) groups excluding carboxylic acids is 1. The van der Waals surface area contributed by atoms with E-state index < -0.39 is 35.8 Å². The van der Waals surface area contributed by atoms with Crippen LogP contribution < -0.4 is 15.7 Å². The SMILES string of the molecule is CO[C@@H]1[C@H](O)C(O)[C@H](Oc2cc3oc(=O)c(NC(C)=O)cc3cc2C)OC1(C)C. The number of anilines is 1. The van der Waals surface area contributed by atoms with E-state index in [1.807, 2.05) is 0 Å². The number of hydrogen-bond donors (Lipinski definition) is 3. The zero-order valence-electron chi connectivity index (χ0n) is 16.9. The monoisotopic (exact) mass is 407 g/mol. The standard InChI is InChI=1S/C20H25NO8/c1-9-6-11-7-12(21-10(2)22)18(25)27-14(11)8-13(9)28-19-16(24)15(23)17(26-5)20(3,4)29-19/h6-8,15-17,19,23-24H,1-5H3,(H,21,22)/t15-,16?,17-,19-/m1/s1. The largest absolute Gasteiger partial charge is 0.462 e. The highest BCUT2D eigenvalue weighted by atomic mass is 16.7. The van der Waals surface area contributed by atoms with Crippen molar-refractivity contribution in [2.75, 3.05) is 12.4 Å². The summed E-state index contributed by atoms with van der Waals surface area (Å²) < 4.78 is 22.2. The van der Waals surface area contributed by atoms with Gasteiger partial charge in [0.2, 0.25) is 12.2 Å². The molecule has 158 valence electrons. The molecule has 1 saturated heterocycles. The summed E-state index contributed by atoms with van der Waals surface area (Å²) in [4.78, 5) is 23.3. The summed E-state index contributed by atoms with van der Waals surface area (Å²) in [6.45, 7) is 6.52. The number of ether oxygens (including phenoxy) is 3. The van der Waals surface area contributed by atoms with Crippen LogP contribution in [-0.2, 0) is 14.3 Å². The number of aryl methyl sites for hydroxylation is 1. The van der Waals surface area contributed by atoms with Gasteiger partial charge in [0.1, 0.15) is 35.3 Å². The predicted octanol–water partition coefficient (Wildman–Crippen LogP) is 1.31. The molecular formula is C20H25NO8. The van der Waals surface area contributed by atoms with Crippen molar-refractivity contribution in [3.8, 4) is 5.75 Å². The van der Waals surface area contributed by atoms with Crippen molar-refractivity contribution < 1.29 is 33.6 Å². The fourth-order valence-corrected chi connectivity index (χ4v) is 3.50. The van der Waals surface area contributed by atoms with Crippen molar-refractivity contribution in [3.63, 3.8) is 0 Å². The molecule has 1 aromatic carbocycles. The maximum absolute atomic E-state index is 12.1. The molecular weight excluding hydrogens is 382 g/mol. The summed E-state index contributed by atoms with van der Waals surface area (Å²) >= 11 is 0. The summed E-state index contributed by atoms with van der Waals surface area (Å²) in [5.41, 5.74) is -0.653. The first-order valence-corrected chi connectivity index (χ1v) is 9.13. The Hall–Kier alpha value is -2.46. The van der Waals surface area contributed by atoms with Gasteiger partial charge in [-0.05, 0) is 38.5 Å². The van der Waals surface area contributed by atoms with E-state index in [9.17, 15) is 19.8 Å². The number of methoxy groups -OCH3 is 1. The maximum Gasteiger partial charge on any atom is 0.360 e. The molecule has 3 N–H and O–H groups in total. The predicted molar refractivity (Wildman–Crippen MR) is 104 cm³/mol. The van der Waals surface area contributed by atoms with Gasteiger partial charge in [-0.25, -0.2) is 4.79 Å². The summed E-state index contributed by atoms with van der Waals surface area (Å²) in [7, 11) is 1.43. The van der Waals surface area contributed by atoms with Gasteiger partial charge in [-0.3, -0.25) is 4.79 Å². The van der Waals surface area contributed by atoms with E-state index in [2.05, 4.69) is 5.32 Å². The molecule has 9 nitrogen and oxygen atoms in total. The topological polar surface area (TPSA) is 127 Å². The number of benzene rings is 1. The molecule has 2 heterocycles. The second-order valence-electron chi connectivity index (χ2n) is 7.63. The molecule has 0 radical (unpaired) electrons. The van der Waals surface area contributed by atoms with Crippen LogP contribution in [0.1, 0.15) is 26.3 Å². The molecule has 0 bridgehead atoms. The van der Waals surface area contributed by atoms with Gasteiger partial charge in [0, 0.05) is 25.5 Å². The maximum atomic E-state index is 12.1. The Bertz CT molecular complexity index is 982. The normalized spacial score (nSPS) is 26.3. The number of aliphatic hydroxyl groups excluding tert-OH is 2. The van der Waals surface area contributed by atoms with Gasteiger partial charge in [-0.1, -0.05) is 0 Å². The Labute approximate surface area is 167 Å². The second kappa shape index (κ2) is 7.75. The first kappa shape index (κ1) is 21.3. The van der Waals surface area contributed by atoms with E-state index in [1.165, 1.54) is 26.2 Å². The van der Waals surface area contributed by atoms with E-state index in [0.29, 0.717) is 16.7 Å². The Kier molecular flexibility index (Phi) is 5.68. The quantitative estimate of drug-likeness (QED) is 0.648. The molecule has 1 unspecified atom stereocenters. The van der Waals surface area contributed by atoms with Crippen LogP contribution in [0.5, 0.6) is 5.75 Å². The molecule has 29 heavy (non-hydrogen) atoms. The van der Waals surface area contributed by atoms with Crippen molar-refractivity contribution in [2.24, 2.45) is 0 Å². The minimum absolute atomic E-state index is 0.0413. The number of aliphatic hydroxyl groups is 2. The summed E-state index contributed by atoms with van der Waals surface area (Å²) in [6.07, 6.45) is -4.46. The van der Waals surface area contributed by atoms with Gasteiger partial charge in [0.25, 0.3) is 0 Å². The number of rotatable bonds is 4. The number of nitrogens with one attached hydrogen (secondary N) is 1. The van der Waals surface area contributed by atoms with Crippen LogP contribution in [0.3, 0.4) is 0 Å². The van der Waals surface area contributed by atoms with E-state index in [1.54, 1.807) is 26.8 Å². The third-order valence-electron chi connectivity index (χ3n) is 4.88. The third-order valence-corrected chi connectivity index (χ3v) is 4.88. The zero-order valence-corrected chi connectivity index (χ0v) is 16.9. The summed E-state index contributed by atoms with van der Waals surface area (Å²) in [5, 5.41) is 23.8. The average Bonchev–Trinajstić information content (AvgIpc) is 2.61. The van der Waals surface area contributed by atoms with Gasteiger partial charge in [-0.2, -0.15) is 0 Å². The molecule has 1 fully saturated rings. The molecule has 2 aromatic rings. The lowest BCUT2D eigenvalue weighted by Crippen LogP contribution is -2.63. The fraction of sp³-hybridized carbons (Fsp3) is 0.500. The first-order valence-electron chi connectivity index (χ1n) is 9.13. The lowest BCUT2D eigenvalue weighted by molar-refractivity contribution is -0.306. The van der Waals surface area contributed by atoms with Gasteiger partial charge in [0.05, 0.1) is 5.60 Å². The van der Waals surface area contributed by atoms with Gasteiger partial charge in [-0.15, -0.1) is 0 Å². The number of carbonyl (C=O) groups is 1. The number of fused-ring (bicyclic) bond motifs is 1. The number of hydrogen-bond acceptors (Lipinski definition) is 8. The van der Waals surface area contributed by atoms with Crippen molar-refractivity contribution in [1.29, 1.82) is 0 Å². The van der Waals surface area contributed by atoms with Crippen molar-refractivity contribution >= 4 is 22.6 Å². The lowest BCUT2D eigenvalue weighted by atomic mass is 9.89. The average molecular weight is 407 g/mol. The van der Waals surface area contributed by atoms with Crippen LogP contribution >= 0.6 is 0 Å². The van der Waals surface area contributed by atoms with Crippen molar-refractivity contribution in [1.82, 2.24) is 0 Å². The Morgan fingerprint density at radius 1 is 1.21 bits per heavy atom. The minimum Gasteiger partial charge on any atom is -0.462 e. The molecule has 4 atom stereocenters. The molecule has 1 aliphatic rings. The van der Waals surface area contributed by atoms with Crippen molar-refractivity contribution in [2.45, 2.75) is 57.9 Å². The molecule has 3 rings (SSSR count). The highest BCUT2D eigenvalue weighted by Crippen LogP contribution is 2.34. The van der Waals surface area contributed by atoms with E-state index in [-0.39, 0.29) is 17.2 Å². The first-order chi connectivity index (χ1) is 13.5. The Morgan fingerprint density at radius 3 is 2.52 bits per heavy atom. The molecule has 1 aromatic heterocycles. The second-order valence-corrected chi connectivity index (χ2v) is 7.63. The van der Waals surface area contributed by atoms with Crippen LogP contribution in [0.25, 0.3) is 11.0 Å². The van der Waals surface area contributed by atoms with Crippen molar-refractivity contribution in [3.05, 3.63) is 34.2 Å². The van der Waals surface area contributed by atoms with Crippen LogP contribution in [-0.4, -0.2) is 53.4 Å². The van der Waals surface area contributed by atoms with Crippen LogP contribution in [0, 0.1) is 6.92 Å². The minimum atomic E-state index is -1.35. The molecule has 1 amide bonds. The van der Waals surface area contributed by atoms with E-state index >= 15 is 0 Å². The molecule has 0 aliphatic carbocycles. The summed E-state index contributed by atoms with van der Waals surface area (Å²) in [6, 6.07) is 4.73.